The van der Waals surface area contributed by atoms with Crippen LogP contribution in [0.25, 0.3) is 0 Å². The fourth-order valence-electron chi connectivity index (χ4n) is 3.07. The highest BCUT2D eigenvalue weighted by Crippen LogP contribution is 2.25. The molecule has 7 nitrogen and oxygen atoms in total. The molecule has 9 heteroatoms. The summed E-state index contributed by atoms with van der Waals surface area (Å²) in [7, 11) is -3.60. The van der Waals surface area contributed by atoms with Crippen LogP contribution in [0.15, 0.2) is 33.6 Å². The Kier molecular flexibility index (Phi) is 7.41. The van der Waals surface area contributed by atoms with Crippen molar-refractivity contribution in [2.24, 2.45) is 11.8 Å². The first kappa shape index (κ1) is 21.8. The van der Waals surface area contributed by atoms with E-state index in [4.69, 9.17) is 0 Å². The Hall–Kier alpha value is -1.45. The normalized spacial score (nSPS) is 18.6. The number of carbonyl (C=O) groups is 2. The summed E-state index contributed by atoms with van der Waals surface area (Å²) in [5.74, 6) is -1.92. The lowest BCUT2D eigenvalue weighted by molar-refractivity contribution is -0.144. The summed E-state index contributed by atoms with van der Waals surface area (Å²) in [6.07, 6.45) is 1.38. The Morgan fingerprint density at radius 3 is 2.30 bits per heavy atom. The van der Waals surface area contributed by atoms with Gasteiger partial charge in [-0.3, -0.25) is 4.79 Å². The molecule has 150 valence electrons. The number of aliphatic carboxylic acids is 1. The second-order valence-corrected chi connectivity index (χ2v) is 9.70. The van der Waals surface area contributed by atoms with Crippen LogP contribution in [0.1, 0.15) is 33.1 Å². The molecule has 1 aromatic rings. The number of sulfonamides is 1. The molecule has 1 fully saturated rings. The summed E-state index contributed by atoms with van der Waals surface area (Å²) in [5, 5.41) is 11.9. The van der Waals surface area contributed by atoms with Crippen LogP contribution in [0.2, 0.25) is 0 Å². The molecule has 0 spiro atoms. The van der Waals surface area contributed by atoms with E-state index in [1.807, 2.05) is 6.92 Å². The summed E-state index contributed by atoms with van der Waals surface area (Å²) in [4.78, 5) is 24.0. The van der Waals surface area contributed by atoms with E-state index < -0.39 is 22.0 Å². The number of carboxylic acids is 1. The zero-order chi connectivity index (χ0) is 20.2. The van der Waals surface area contributed by atoms with Gasteiger partial charge in [0.25, 0.3) is 0 Å². The Morgan fingerprint density at radius 2 is 1.81 bits per heavy atom. The Labute approximate surface area is 168 Å². The van der Waals surface area contributed by atoms with Crippen molar-refractivity contribution in [3.05, 3.63) is 28.7 Å². The van der Waals surface area contributed by atoms with Gasteiger partial charge >= 0.3 is 5.97 Å². The van der Waals surface area contributed by atoms with Crippen LogP contribution >= 0.6 is 15.9 Å². The molecule has 2 N–H and O–H groups in total. The van der Waals surface area contributed by atoms with E-state index >= 15 is 0 Å². The Morgan fingerprint density at radius 1 is 1.26 bits per heavy atom. The standard InChI is InChI=1S/C18H25BrN2O5S/c1-3-12(2)16(18(23)24)20-17(22)13-8-10-21(11-9-13)27(25,26)15-6-4-14(19)5-7-15/h4-7,12-13,16H,3,8-11H2,1-2H3,(H,20,22)(H,23,24)/t12?,16-/m1/s1. The third-order valence-electron chi connectivity index (χ3n) is 5.05. The van der Waals surface area contributed by atoms with Crippen LogP contribution in [0.4, 0.5) is 0 Å². The van der Waals surface area contributed by atoms with Gasteiger partial charge in [-0.1, -0.05) is 36.2 Å². The van der Waals surface area contributed by atoms with Crippen LogP contribution in [0.5, 0.6) is 0 Å². The van der Waals surface area contributed by atoms with Crippen LogP contribution in [-0.4, -0.2) is 48.8 Å². The third kappa shape index (κ3) is 5.30. The lowest BCUT2D eigenvalue weighted by Gasteiger charge is -2.31. The maximum Gasteiger partial charge on any atom is 0.326 e. The van der Waals surface area contributed by atoms with E-state index in [0.717, 1.165) is 4.47 Å². The molecule has 0 bridgehead atoms. The van der Waals surface area contributed by atoms with Gasteiger partial charge < -0.3 is 10.4 Å². The fourth-order valence-corrected chi connectivity index (χ4v) is 4.80. The van der Waals surface area contributed by atoms with Gasteiger partial charge in [0.2, 0.25) is 15.9 Å². The summed E-state index contributed by atoms with van der Waals surface area (Å²) >= 11 is 3.28. The van der Waals surface area contributed by atoms with Crippen molar-refractivity contribution in [1.82, 2.24) is 9.62 Å². The average molecular weight is 461 g/mol. The number of rotatable bonds is 7. The van der Waals surface area contributed by atoms with Gasteiger partial charge in [0.1, 0.15) is 6.04 Å². The average Bonchev–Trinajstić information content (AvgIpc) is 2.65. The number of nitrogens with one attached hydrogen (secondary N) is 1. The first-order chi connectivity index (χ1) is 12.7. The molecule has 1 aliphatic rings. The number of nitrogens with zero attached hydrogens (tertiary/aromatic N) is 1. The van der Waals surface area contributed by atoms with Gasteiger partial charge in [0.15, 0.2) is 0 Å². The summed E-state index contributed by atoms with van der Waals surface area (Å²) in [6.45, 7) is 4.12. The minimum Gasteiger partial charge on any atom is -0.480 e. The van der Waals surface area contributed by atoms with Crippen molar-refractivity contribution in [3.8, 4) is 0 Å². The van der Waals surface area contributed by atoms with E-state index in [0.29, 0.717) is 19.3 Å². The number of halogens is 1. The zero-order valence-corrected chi connectivity index (χ0v) is 17.8. The highest BCUT2D eigenvalue weighted by Gasteiger charge is 2.34. The van der Waals surface area contributed by atoms with E-state index in [1.54, 1.807) is 31.2 Å². The predicted octanol–water partition coefficient (Wildman–Crippen LogP) is 2.47. The molecule has 2 rings (SSSR count). The summed E-state index contributed by atoms with van der Waals surface area (Å²) in [5.41, 5.74) is 0. The van der Waals surface area contributed by atoms with Crippen LogP contribution in [-0.2, 0) is 19.6 Å². The van der Waals surface area contributed by atoms with E-state index in [-0.39, 0.29) is 35.7 Å². The van der Waals surface area contributed by atoms with Gasteiger partial charge in [0, 0.05) is 23.5 Å². The van der Waals surface area contributed by atoms with E-state index in [2.05, 4.69) is 21.2 Å². The minimum atomic E-state index is -3.60. The second-order valence-electron chi connectivity index (χ2n) is 6.84. The van der Waals surface area contributed by atoms with Crippen molar-refractivity contribution < 1.29 is 23.1 Å². The van der Waals surface area contributed by atoms with Gasteiger partial charge in [0.05, 0.1) is 4.90 Å². The number of carboxylic acid groups (broad SMARTS) is 1. The van der Waals surface area contributed by atoms with Gasteiger partial charge in [-0.25, -0.2) is 13.2 Å². The maximum atomic E-state index is 12.7. The van der Waals surface area contributed by atoms with Crippen molar-refractivity contribution in [1.29, 1.82) is 0 Å². The molecule has 0 radical (unpaired) electrons. The van der Waals surface area contributed by atoms with Crippen LogP contribution in [0.3, 0.4) is 0 Å². The Balaban J connectivity index is 1.99. The molecular formula is C18H25BrN2O5S. The summed E-state index contributed by atoms with van der Waals surface area (Å²) < 4.78 is 27.6. The molecule has 27 heavy (non-hydrogen) atoms. The van der Waals surface area contributed by atoms with Gasteiger partial charge in [-0.2, -0.15) is 4.31 Å². The predicted molar refractivity (Wildman–Crippen MR) is 105 cm³/mol. The lowest BCUT2D eigenvalue weighted by Crippen LogP contribution is -2.49. The zero-order valence-electron chi connectivity index (χ0n) is 15.4. The number of carbonyl (C=O) groups excluding carboxylic acids is 1. The number of benzene rings is 1. The molecule has 0 saturated carbocycles. The molecule has 1 unspecified atom stereocenters. The van der Waals surface area contributed by atoms with Gasteiger partial charge in [-0.15, -0.1) is 0 Å². The number of hydrogen-bond acceptors (Lipinski definition) is 4. The first-order valence-electron chi connectivity index (χ1n) is 8.95. The number of piperidine rings is 1. The molecule has 2 atom stereocenters. The minimum absolute atomic E-state index is 0.177. The quantitative estimate of drug-likeness (QED) is 0.650. The molecule has 0 aliphatic carbocycles. The van der Waals surface area contributed by atoms with E-state index in [1.165, 1.54) is 4.31 Å². The molecule has 1 saturated heterocycles. The van der Waals surface area contributed by atoms with Crippen molar-refractivity contribution >= 4 is 37.8 Å². The second kappa shape index (κ2) is 9.16. The van der Waals surface area contributed by atoms with E-state index in [9.17, 15) is 23.1 Å². The highest BCUT2D eigenvalue weighted by atomic mass is 79.9. The Bertz CT molecular complexity index is 773. The molecular weight excluding hydrogens is 436 g/mol. The van der Waals surface area contributed by atoms with Crippen LogP contribution in [0, 0.1) is 11.8 Å². The topological polar surface area (TPSA) is 104 Å². The highest BCUT2D eigenvalue weighted by molar-refractivity contribution is 9.10. The smallest absolute Gasteiger partial charge is 0.326 e. The van der Waals surface area contributed by atoms with Crippen molar-refractivity contribution in [2.45, 2.75) is 44.0 Å². The SMILES string of the molecule is CCC(C)[C@@H](NC(=O)C1CCN(S(=O)(=O)c2ccc(Br)cc2)CC1)C(=O)O. The van der Waals surface area contributed by atoms with Crippen molar-refractivity contribution in [2.75, 3.05) is 13.1 Å². The van der Waals surface area contributed by atoms with Crippen LogP contribution < -0.4 is 5.32 Å². The summed E-state index contributed by atoms with van der Waals surface area (Å²) in [6, 6.07) is 5.51. The molecule has 1 aliphatic heterocycles. The number of hydrogen-bond donors (Lipinski definition) is 2. The molecule has 0 aromatic heterocycles. The van der Waals surface area contributed by atoms with Gasteiger partial charge in [-0.05, 0) is 43.0 Å². The molecule has 1 heterocycles. The fraction of sp³-hybridized carbons (Fsp3) is 0.556. The third-order valence-corrected chi connectivity index (χ3v) is 7.49. The maximum absolute atomic E-state index is 12.7. The molecule has 1 amide bonds. The lowest BCUT2D eigenvalue weighted by atomic mass is 9.94. The molecule has 1 aromatic carbocycles. The monoisotopic (exact) mass is 460 g/mol. The van der Waals surface area contributed by atoms with Crippen molar-refractivity contribution in [3.63, 3.8) is 0 Å². The largest absolute Gasteiger partial charge is 0.480 e. The number of amides is 1. The first-order valence-corrected chi connectivity index (χ1v) is 11.2.